The first-order chi connectivity index (χ1) is 58.4. The second-order valence-corrected chi connectivity index (χ2v) is 47.4. The molecule has 1 rings (SSSR count). The molecule has 0 aromatic rings. The molecule has 0 aromatic carbocycles. The van der Waals surface area contributed by atoms with Gasteiger partial charge in [0.05, 0.1) is 42.7 Å². The average molecular weight is 2020 g/mol. The Bertz CT molecular complexity index is 3060. The minimum Gasteiger partial charge on any atom is -0.467 e. The van der Waals surface area contributed by atoms with Gasteiger partial charge in [-0.25, -0.2) is 57.5 Å². The van der Waals surface area contributed by atoms with Crippen LogP contribution >= 0.6 is 130 Å². The molecular weight excluding hydrogens is 1900 g/mol. The summed E-state index contributed by atoms with van der Waals surface area (Å²) in [6.45, 7) is 28.1. The van der Waals surface area contributed by atoms with Gasteiger partial charge < -0.3 is 121 Å². The molecule has 0 bridgehead atoms. The first kappa shape index (κ1) is 117. The highest BCUT2D eigenvalue weighted by atomic mass is 33.1. The van der Waals surface area contributed by atoms with E-state index in [1.54, 1.807) is 125 Å². The SMILES string of the molecule is COC(=O)C1CSSC[C@@H](C(=O)OC)NC(=O)C(NC(=O)OC(C)(C)C)CSSC[C@H](NC(=O)OC(C)(C)C)C(=O)NC(C(=O)OC)CSSC[C@@H](C(=O)OC)NC(=O)[C@@H](NC(=O)OC(C)(C)C)CSSCC(NC(=O)OC(C)(C)C)C(=O)N[C@H](C(=O)OC)CSSCC(C(=O)OC)NC(=O)[C@@H](NC(=O)OC(C)(C)C)CSSCC(NC(=O)OC(C)(C)C)C(=O)N1. The van der Waals surface area contributed by atoms with E-state index in [4.69, 9.17) is 56.8 Å². The second kappa shape index (κ2) is 58.3. The number of rotatable bonds is 12. The van der Waals surface area contributed by atoms with Gasteiger partial charge in [-0.05, 0) is 125 Å². The quantitative estimate of drug-likeness (QED) is 0.0643. The van der Waals surface area contributed by atoms with Crippen LogP contribution in [0.4, 0.5) is 28.8 Å². The van der Waals surface area contributed by atoms with Crippen LogP contribution in [0.1, 0.15) is 125 Å². The van der Waals surface area contributed by atoms with Crippen molar-refractivity contribution in [3.05, 3.63) is 0 Å². The molecule has 0 radical (unpaired) electrons. The first-order valence-corrected chi connectivity index (χ1v) is 53.0. The second-order valence-electron chi connectivity index (χ2n) is 32.1. The van der Waals surface area contributed by atoms with Crippen molar-refractivity contribution in [3.63, 3.8) is 0 Å². The molecule has 720 valence electrons. The predicted octanol–water partition coefficient (Wildman–Crippen LogP) is 5.60. The number of amides is 12. The molecule has 54 heteroatoms. The van der Waals surface area contributed by atoms with Gasteiger partial charge in [-0.3, -0.25) is 28.8 Å². The lowest BCUT2D eigenvalue weighted by molar-refractivity contribution is -0.144. The Morgan fingerprint density at radius 3 is 0.413 bits per heavy atom. The molecule has 1 aliphatic rings. The minimum absolute atomic E-state index is 0.286. The summed E-state index contributed by atoms with van der Waals surface area (Å²) in [5.41, 5.74) is -6.52. The monoisotopic (exact) mass is 2020 g/mol. The maximum Gasteiger partial charge on any atom is 0.408 e. The third kappa shape index (κ3) is 52.9. The Morgan fingerprint density at radius 2 is 0.317 bits per heavy atom. The van der Waals surface area contributed by atoms with Crippen LogP contribution in [-0.4, -0.2) is 326 Å². The van der Waals surface area contributed by atoms with Gasteiger partial charge in [-0.2, -0.15) is 0 Å². The molecule has 6 unspecified atom stereocenters. The van der Waals surface area contributed by atoms with Crippen molar-refractivity contribution in [2.75, 3.05) is 112 Å². The number of hydrogen-bond acceptors (Lipinski definition) is 42. The van der Waals surface area contributed by atoms with Gasteiger partial charge in [0.2, 0.25) is 35.4 Å². The van der Waals surface area contributed by atoms with Crippen molar-refractivity contribution < 1.29 is 143 Å². The molecule has 0 aromatic heterocycles. The lowest BCUT2D eigenvalue weighted by atomic mass is 10.2. The molecule has 0 aliphatic carbocycles. The zero-order valence-electron chi connectivity index (χ0n) is 74.6. The smallest absolute Gasteiger partial charge is 0.408 e. The highest BCUT2D eigenvalue weighted by Gasteiger charge is 2.39. The highest BCUT2D eigenvalue weighted by Crippen LogP contribution is 2.31. The molecule has 1 saturated heterocycles. The number of hydrogen-bond donors (Lipinski definition) is 12. The average Bonchev–Trinajstić information content (AvgIpc) is 0.886. The van der Waals surface area contributed by atoms with Crippen LogP contribution in [0.15, 0.2) is 0 Å². The van der Waals surface area contributed by atoms with E-state index in [1.165, 1.54) is 0 Å². The van der Waals surface area contributed by atoms with Gasteiger partial charge in [-0.15, -0.1) is 0 Å². The van der Waals surface area contributed by atoms with Gasteiger partial charge >= 0.3 is 72.4 Å². The lowest BCUT2D eigenvalue weighted by Crippen LogP contribution is -2.55. The lowest BCUT2D eigenvalue weighted by Gasteiger charge is -2.26. The van der Waals surface area contributed by atoms with E-state index in [0.717, 1.165) is 172 Å². The van der Waals surface area contributed by atoms with Crippen LogP contribution in [0.3, 0.4) is 0 Å². The summed E-state index contributed by atoms with van der Waals surface area (Å²) < 4.78 is 62.9. The number of alkyl carbamates (subject to hydrolysis) is 6. The fourth-order valence-corrected chi connectivity index (χ4v) is 22.6. The van der Waals surface area contributed by atoms with E-state index in [1.807, 2.05) is 0 Å². The Balaban J connectivity index is 4.25. The molecule has 42 nitrogen and oxygen atoms in total. The number of carbonyl (C=O) groups is 18. The van der Waals surface area contributed by atoms with Gasteiger partial charge in [0.15, 0.2) is 0 Å². The predicted molar refractivity (Wildman–Crippen MR) is 492 cm³/mol. The van der Waals surface area contributed by atoms with Gasteiger partial charge in [0.1, 0.15) is 106 Å². The van der Waals surface area contributed by atoms with Crippen LogP contribution in [0.5, 0.6) is 0 Å². The summed E-state index contributed by atoms with van der Waals surface area (Å²) in [7, 11) is 17.2. The Kier molecular flexibility index (Phi) is 54.3. The van der Waals surface area contributed by atoms with Crippen LogP contribution in [0, 0.1) is 0 Å². The molecule has 126 heavy (non-hydrogen) atoms. The van der Waals surface area contributed by atoms with Crippen LogP contribution in [-0.2, 0) is 114 Å². The molecule has 0 saturated carbocycles. The zero-order chi connectivity index (χ0) is 96.3. The Labute approximate surface area is 780 Å². The molecule has 1 heterocycles. The largest absolute Gasteiger partial charge is 0.467 e. The van der Waals surface area contributed by atoms with E-state index in [0.29, 0.717) is 0 Å². The maximum absolute atomic E-state index is 14.4. The highest BCUT2D eigenvalue weighted by molar-refractivity contribution is 8.78. The van der Waals surface area contributed by atoms with Crippen LogP contribution in [0.2, 0.25) is 0 Å². The third-order valence-electron chi connectivity index (χ3n) is 14.2. The summed E-state index contributed by atoms with van der Waals surface area (Å²) >= 11 is 0. The number of methoxy groups -OCH3 is 6. The summed E-state index contributed by atoms with van der Waals surface area (Å²) in [6.07, 6.45) is -6.39. The molecular formula is C72H120N12O30S12. The number of nitrogens with one attached hydrogen (secondary N) is 12. The molecule has 12 N–H and O–H groups in total. The summed E-state index contributed by atoms with van der Waals surface area (Å²) in [6, 6.07) is -17.9. The van der Waals surface area contributed by atoms with E-state index in [2.05, 4.69) is 63.8 Å². The maximum atomic E-state index is 14.4. The van der Waals surface area contributed by atoms with Crippen molar-refractivity contribution in [1.29, 1.82) is 0 Å². The van der Waals surface area contributed by atoms with E-state index in [-0.39, 0.29) is 69.0 Å². The van der Waals surface area contributed by atoms with Gasteiger partial charge in [0.25, 0.3) is 0 Å². The van der Waals surface area contributed by atoms with Gasteiger partial charge in [-0.1, -0.05) is 130 Å². The van der Waals surface area contributed by atoms with Crippen molar-refractivity contribution in [1.82, 2.24) is 63.8 Å². The first-order valence-electron chi connectivity index (χ1n) is 38.1. The van der Waals surface area contributed by atoms with Crippen molar-refractivity contribution in [2.45, 2.75) is 231 Å². The number of esters is 6. The van der Waals surface area contributed by atoms with E-state index in [9.17, 15) is 86.3 Å². The van der Waals surface area contributed by atoms with Crippen LogP contribution < -0.4 is 63.8 Å². The summed E-state index contributed by atoms with van der Waals surface area (Å²) in [5.74, 6) is -15.2. The molecule has 12 atom stereocenters. The zero-order valence-corrected chi connectivity index (χ0v) is 84.4. The van der Waals surface area contributed by atoms with Crippen molar-refractivity contribution in [3.8, 4) is 0 Å². The van der Waals surface area contributed by atoms with E-state index >= 15 is 0 Å². The minimum atomic E-state index is -1.52. The Morgan fingerprint density at radius 1 is 0.214 bits per heavy atom. The molecule has 12 amide bonds. The molecule has 0 spiro atoms. The third-order valence-corrected chi connectivity index (χ3v) is 28.7. The Hall–Kier alpha value is -6.54. The number of ether oxygens (including phenoxy) is 12. The van der Waals surface area contributed by atoms with Gasteiger partial charge in [0, 0.05) is 69.0 Å². The van der Waals surface area contributed by atoms with Crippen molar-refractivity contribution in [2.24, 2.45) is 0 Å². The molecule has 1 fully saturated rings. The molecule has 1 aliphatic heterocycles. The fraction of sp³-hybridized carbons (Fsp3) is 0.750. The number of carbonyl (C=O) groups excluding carboxylic acids is 18. The van der Waals surface area contributed by atoms with Crippen LogP contribution in [0.25, 0.3) is 0 Å². The topological polar surface area (TPSA) is 562 Å². The normalized spacial score (nSPS) is 23.3. The summed E-state index contributed by atoms with van der Waals surface area (Å²) in [4.78, 5) is 247. The standard InChI is InChI=1S/C72H120N12O30S12/c1-67(2,3)109-61(97)79-37-25-115-116-26-38(80-62(98)110-68(4,5)6)50(86)74-45(57(93)105-21)33-123-124-34-46(58(94)106-22)76-52(88)41(83-65(101)113-71(13,14)15)29-119-120-30-42(84-66(102)114-72(16,17)18)54(90)78-48(60(96)108-24)36-126-125-35-47(59(95)107-23)77-53(89)40(82-64(100)112-70(10,11)12)28-118-117-27-39(81-63(99)111-69(7,8)9)51(87)75-44(56(92)104-20)32-122-121-31-43(55(91)103-19)73-49(37)85/h37-48H,25-36H2,1-24H3,(H,73,85)(H,74,86)(H,75,87)(H,76,88)(H,77,89)(H,78,90)(H,79,97)(H,80,98)(H,81,99)(H,82,100)(H,83,101)(H,84,102)/t37-,38?,39-,40?,41-,42?,43-,44?,45-,46?,47-,48?/m0/s1. The fourth-order valence-electron chi connectivity index (χ4n) is 8.69. The van der Waals surface area contributed by atoms with Crippen molar-refractivity contribution >= 4 is 237 Å². The summed E-state index contributed by atoms with van der Waals surface area (Å²) in [5, 5.41) is 30.2. The van der Waals surface area contributed by atoms with E-state index < -0.39 is 214 Å².